The zero-order valence-corrected chi connectivity index (χ0v) is 17.8. The van der Waals surface area contributed by atoms with Crippen molar-refractivity contribution in [1.82, 2.24) is 4.90 Å². The molecule has 3 aromatic carbocycles. The number of anilines is 1. The van der Waals surface area contributed by atoms with E-state index in [2.05, 4.69) is 5.32 Å². The van der Waals surface area contributed by atoms with Crippen molar-refractivity contribution in [3.8, 4) is 5.75 Å². The van der Waals surface area contributed by atoms with Gasteiger partial charge in [0.2, 0.25) is 11.8 Å². The van der Waals surface area contributed by atoms with Crippen molar-refractivity contribution in [3.63, 3.8) is 0 Å². The third-order valence-electron chi connectivity index (χ3n) is 6.12. The van der Waals surface area contributed by atoms with E-state index in [1.807, 2.05) is 36.4 Å². The van der Waals surface area contributed by atoms with Crippen molar-refractivity contribution in [2.24, 2.45) is 0 Å². The van der Waals surface area contributed by atoms with E-state index in [0.717, 1.165) is 39.5 Å². The van der Waals surface area contributed by atoms with Crippen LogP contribution in [0.3, 0.4) is 0 Å². The fraction of sp³-hybridized carbons (Fsp3) is 0.231. The number of methoxy groups -OCH3 is 1. The molecule has 0 aliphatic carbocycles. The molecule has 6 nitrogen and oxygen atoms in total. The Balaban J connectivity index is 1.35. The molecule has 0 bridgehead atoms. The van der Waals surface area contributed by atoms with Gasteiger partial charge >= 0.3 is 0 Å². The van der Waals surface area contributed by atoms with E-state index in [0.29, 0.717) is 18.7 Å². The average Bonchev–Trinajstić information content (AvgIpc) is 3.47. The standard InChI is InChI=1S/C26H24N2O4/c1-31-20-11-9-19(10-12-20)27-26(30)22-7-4-14-28(22)24(29)15-18-16-32-23-13-8-17-5-2-3-6-21(17)25(18)23/h2-3,5-6,8-13,16,22H,4,7,14-15H2,1H3,(H,27,30). The smallest absolute Gasteiger partial charge is 0.247 e. The number of benzene rings is 3. The summed E-state index contributed by atoms with van der Waals surface area (Å²) in [6.07, 6.45) is 3.33. The maximum absolute atomic E-state index is 13.2. The van der Waals surface area contributed by atoms with Crippen molar-refractivity contribution in [2.75, 3.05) is 19.0 Å². The van der Waals surface area contributed by atoms with E-state index in [4.69, 9.17) is 9.15 Å². The molecule has 2 amide bonds. The first kappa shape index (κ1) is 20.1. The summed E-state index contributed by atoms with van der Waals surface area (Å²) in [4.78, 5) is 27.8. The van der Waals surface area contributed by atoms with Crippen LogP contribution in [0.25, 0.3) is 21.7 Å². The molecule has 162 valence electrons. The molecule has 2 heterocycles. The van der Waals surface area contributed by atoms with Crippen LogP contribution in [-0.4, -0.2) is 36.4 Å². The molecule has 6 heteroatoms. The van der Waals surface area contributed by atoms with E-state index in [-0.39, 0.29) is 18.2 Å². The van der Waals surface area contributed by atoms with Crippen LogP contribution < -0.4 is 10.1 Å². The largest absolute Gasteiger partial charge is 0.497 e. The second kappa shape index (κ2) is 8.38. The second-order valence-corrected chi connectivity index (χ2v) is 8.06. The molecule has 5 rings (SSSR count). The molecule has 1 unspecified atom stereocenters. The van der Waals surface area contributed by atoms with Gasteiger partial charge in [-0.25, -0.2) is 0 Å². The number of furan rings is 1. The molecule has 0 spiro atoms. The van der Waals surface area contributed by atoms with Gasteiger partial charge in [-0.05, 0) is 53.9 Å². The van der Waals surface area contributed by atoms with Gasteiger partial charge in [-0.2, -0.15) is 0 Å². The van der Waals surface area contributed by atoms with Gasteiger partial charge in [0.05, 0.1) is 19.8 Å². The summed E-state index contributed by atoms with van der Waals surface area (Å²) >= 11 is 0. The Bertz CT molecular complexity index is 1290. The summed E-state index contributed by atoms with van der Waals surface area (Å²) in [5.41, 5.74) is 2.30. The number of amides is 2. The molecule has 0 radical (unpaired) electrons. The van der Waals surface area contributed by atoms with Gasteiger partial charge in [-0.15, -0.1) is 0 Å². The normalized spacial score (nSPS) is 15.9. The third kappa shape index (κ3) is 3.68. The number of hydrogen-bond donors (Lipinski definition) is 1. The van der Waals surface area contributed by atoms with Gasteiger partial charge in [0.25, 0.3) is 0 Å². The van der Waals surface area contributed by atoms with Crippen LogP contribution >= 0.6 is 0 Å². The Kier molecular flexibility index (Phi) is 5.27. The van der Waals surface area contributed by atoms with Crippen LogP contribution in [0.2, 0.25) is 0 Å². The number of nitrogens with one attached hydrogen (secondary N) is 1. The Morgan fingerprint density at radius 3 is 2.72 bits per heavy atom. The predicted octanol–water partition coefficient (Wildman–Crippen LogP) is 4.77. The monoisotopic (exact) mass is 428 g/mol. The van der Waals surface area contributed by atoms with Crippen LogP contribution in [-0.2, 0) is 16.0 Å². The first-order chi connectivity index (χ1) is 15.6. The van der Waals surface area contributed by atoms with Crippen LogP contribution in [0.5, 0.6) is 5.75 Å². The van der Waals surface area contributed by atoms with Crippen molar-refractivity contribution in [2.45, 2.75) is 25.3 Å². The summed E-state index contributed by atoms with van der Waals surface area (Å²) < 4.78 is 10.9. The van der Waals surface area contributed by atoms with Crippen LogP contribution in [0.15, 0.2) is 71.3 Å². The highest BCUT2D eigenvalue weighted by atomic mass is 16.5. The molecular formula is C26H24N2O4. The van der Waals surface area contributed by atoms with Crippen molar-refractivity contribution in [1.29, 1.82) is 0 Å². The first-order valence-corrected chi connectivity index (χ1v) is 10.8. The lowest BCUT2D eigenvalue weighted by atomic mass is 10.0. The molecule has 0 saturated carbocycles. The lowest BCUT2D eigenvalue weighted by molar-refractivity contribution is -0.136. The second-order valence-electron chi connectivity index (χ2n) is 8.06. The molecular weight excluding hydrogens is 404 g/mol. The Labute approximate surface area is 185 Å². The number of likely N-dealkylation sites (tertiary alicyclic amines) is 1. The molecule has 1 N–H and O–H groups in total. The molecule has 1 aliphatic rings. The van der Waals surface area contributed by atoms with Crippen molar-refractivity contribution < 1.29 is 18.7 Å². The number of carbonyl (C=O) groups is 2. The minimum atomic E-state index is -0.473. The Morgan fingerprint density at radius 1 is 1.09 bits per heavy atom. The highest BCUT2D eigenvalue weighted by Crippen LogP contribution is 2.31. The zero-order valence-electron chi connectivity index (χ0n) is 17.8. The van der Waals surface area contributed by atoms with Gasteiger partial charge in [-0.3, -0.25) is 9.59 Å². The third-order valence-corrected chi connectivity index (χ3v) is 6.12. The predicted molar refractivity (Wildman–Crippen MR) is 124 cm³/mol. The van der Waals surface area contributed by atoms with Gasteiger partial charge in [-0.1, -0.05) is 30.3 Å². The molecule has 1 atom stereocenters. The molecule has 1 saturated heterocycles. The maximum atomic E-state index is 13.2. The highest BCUT2D eigenvalue weighted by Gasteiger charge is 2.34. The average molecular weight is 428 g/mol. The van der Waals surface area contributed by atoms with Crippen LogP contribution in [0.4, 0.5) is 5.69 Å². The number of nitrogens with zero attached hydrogens (tertiary/aromatic N) is 1. The fourth-order valence-corrected chi connectivity index (χ4v) is 4.51. The molecule has 1 fully saturated rings. The van der Waals surface area contributed by atoms with E-state index >= 15 is 0 Å². The number of hydrogen-bond acceptors (Lipinski definition) is 4. The fourth-order valence-electron chi connectivity index (χ4n) is 4.51. The quantitative estimate of drug-likeness (QED) is 0.497. The minimum absolute atomic E-state index is 0.0620. The molecule has 1 aliphatic heterocycles. The summed E-state index contributed by atoms with van der Waals surface area (Å²) in [6.45, 7) is 0.579. The highest BCUT2D eigenvalue weighted by molar-refractivity contribution is 6.08. The summed E-state index contributed by atoms with van der Waals surface area (Å²) in [5.74, 6) is 0.497. The van der Waals surface area contributed by atoms with Gasteiger partial charge in [0.15, 0.2) is 0 Å². The molecule has 32 heavy (non-hydrogen) atoms. The lowest BCUT2D eigenvalue weighted by Gasteiger charge is -2.24. The molecule has 4 aromatic rings. The summed E-state index contributed by atoms with van der Waals surface area (Å²) in [5, 5.41) is 6.06. The van der Waals surface area contributed by atoms with Crippen LogP contribution in [0.1, 0.15) is 18.4 Å². The molecule has 1 aromatic heterocycles. The topological polar surface area (TPSA) is 71.8 Å². The van der Waals surface area contributed by atoms with Crippen molar-refractivity contribution >= 4 is 39.2 Å². The first-order valence-electron chi connectivity index (χ1n) is 10.8. The van der Waals surface area contributed by atoms with Crippen molar-refractivity contribution in [3.05, 3.63) is 72.5 Å². The van der Waals surface area contributed by atoms with Gasteiger partial charge in [0.1, 0.15) is 17.4 Å². The summed E-state index contributed by atoms with van der Waals surface area (Å²) in [6, 6.07) is 18.7. The summed E-state index contributed by atoms with van der Waals surface area (Å²) in [7, 11) is 1.60. The van der Waals surface area contributed by atoms with E-state index in [1.165, 1.54) is 0 Å². The van der Waals surface area contributed by atoms with E-state index in [9.17, 15) is 9.59 Å². The lowest BCUT2D eigenvalue weighted by Crippen LogP contribution is -2.43. The zero-order chi connectivity index (χ0) is 22.1. The van der Waals surface area contributed by atoms with E-state index in [1.54, 1.807) is 42.5 Å². The number of rotatable bonds is 5. The van der Waals surface area contributed by atoms with Crippen LogP contribution in [0, 0.1) is 0 Å². The maximum Gasteiger partial charge on any atom is 0.247 e. The SMILES string of the molecule is COc1ccc(NC(=O)C2CCCN2C(=O)Cc2coc3ccc4ccccc4c23)cc1. The number of fused-ring (bicyclic) bond motifs is 3. The number of carbonyl (C=O) groups excluding carboxylic acids is 2. The van der Waals surface area contributed by atoms with Gasteiger partial charge in [0, 0.05) is 23.2 Å². The minimum Gasteiger partial charge on any atom is -0.497 e. The Hall–Kier alpha value is -3.80. The van der Waals surface area contributed by atoms with E-state index < -0.39 is 6.04 Å². The number of ether oxygens (including phenoxy) is 1. The van der Waals surface area contributed by atoms with Gasteiger partial charge < -0.3 is 19.4 Å². The Morgan fingerprint density at radius 2 is 1.91 bits per heavy atom.